The number of amides is 1. The highest BCUT2D eigenvalue weighted by molar-refractivity contribution is 5.94. The first-order chi connectivity index (χ1) is 9.32. The Morgan fingerprint density at radius 3 is 2.50 bits per heavy atom. The van der Waals surface area contributed by atoms with E-state index in [1.165, 1.54) is 0 Å². The number of nitrogens with zero attached hydrogens (tertiary/aromatic N) is 2. The van der Waals surface area contributed by atoms with Gasteiger partial charge in [0.2, 0.25) is 5.91 Å². The lowest BCUT2D eigenvalue weighted by Gasteiger charge is -2.26. The molecule has 1 aliphatic heterocycles. The van der Waals surface area contributed by atoms with Gasteiger partial charge in [0.1, 0.15) is 5.82 Å². The number of hydrogen-bond acceptors (Lipinski definition) is 4. The van der Waals surface area contributed by atoms with Crippen LogP contribution in [0.3, 0.4) is 0 Å². The summed E-state index contributed by atoms with van der Waals surface area (Å²) in [6.45, 7) is 1.95. The van der Waals surface area contributed by atoms with Crippen LogP contribution in [0.1, 0.15) is 0 Å². The Hall–Kier alpha value is -2.16. The molecule has 0 aliphatic carbocycles. The van der Waals surface area contributed by atoms with Crippen LogP contribution in [0.25, 0.3) is 0 Å². The number of carboxylic acid groups (broad SMARTS) is 1. The number of halogens is 3. The van der Waals surface area contributed by atoms with E-state index < -0.39 is 12.1 Å². The highest BCUT2D eigenvalue weighted by atomic mass is 19.4. The summed E-state index contributed by atoms with van der Waals surface area (Å²) in [5, 5.41) is 10.1. The van der Waals surface area contributed by atoms with Crippen molar-refractivity contribution in [1.82, 2.24) is 10.3 Å². The van der Waals surface area contributed by atoms with Gasteiger partial charge in [0.05, 0.1) is 6.54 Å². The van der Waals surface area contributed by atoms with E-state index in [0.29, 0.717) is 13.1 Å². The highest BCUT2D eigenvalue weighted by Crippen LogP contribution is 2.13. The average Bonchev–Trinajstić information content (AvgIpc) is 2.40. The Morgan fingerprint density at radius 2 is 2.05 bits per heavy atom. The molecule has 0 saturated carbocycles. The van der Waals surface area contributed by atoms with E-state index in [1.807, 2.05) is 18.2 Å². The molecular weight excluding hydrogens is 279 g/mol. The van der Waals surface area contributed by atoms with Crippen molar-refractivity contribution < 1.29 is 27.9 Å². The number of alkyl halides is 3. The van der Waals surface area contributed by atoms with Gasteiger partial charge < -0.3 is 10.4 Å². The maximum Gasteiger partial charge on any atom is 0.490 e. The summed E-state index contributed by atoms with van der Waals surface area (Å²) in [7, 11) is 0. The van der Waals surface area contributed by atoms with Crippen molar-refractivity contribution >= 4 is 17.7 Å². The van der Waals surface area contributed by atoms with Gasteiger partial charge in [-0.1, -0.05) is 6.07 Å². The zero-order valence-electron chi connectivity index (χ0n) is 10.2. The quantitative estimate of drug-likeness (QED) is 0.794. The molecule has 0 bridgehead atoms. The number of rotatable bonds is 1. The SMILES string of the molecule is O=C(O)C(F)(F)F.O=C1CNCCN1c1ccccn1. The van der Waals surface area contributed by atoms with Crippen molar-refractivity contribution in [3.63, 3.8) is 0 Å². The number of carbonyl (C=O) groups is 2. The second-order valence-electron chi connectivity index (χ2n) is 3.71. The number of hydrogen-bond donors (Lipinski definition) is 2. The molecule has 9 heteroatoms. The first-order valence-electron chi connectivity index (χ1n) is 5.54. The minimum absolute atomic E-state index is 0.0879. The minimum Gasteiger partial charge on any atom is -0.475 e. The van der Waals surface area contributed by atoms with E-state index in [-0.39, 0.29) is 5.91 Å². The Morgan fingerprint density at radius 1 is 1.40 bits per heavy atom. The Balaban J connectivity index is 0.000000246. The maximum absolute atomic E-state index is 11.4. The third-order valence-corrected chi connectivity index (χ3v) is 2.26. The van der Waals surface area contributed by atoms with E-state index in [4.69, 9.17) is 9.90 Å². The summed E-state index contributed by atoms with van der Waals surface area (Å²) < 4.78 is 31.7. The van der Waals surface area contributed by atoms with E-state index in [0.717, 1.165) is 12.4 Å². The Bertz CT molecular complexity index is 465. The molecule has 1 fully saturated rings. The summed E-state index contributed by atoms with van der Waals surface area (Å²) in [5.41, 5.74) is 0. The molecule has 2 rings (SSSR count). The monoisotopic (exact) mass is 291 g/mol. The van der Waals surface area contributed by atoms with Gasteiger partial charge in [-0.05, 0) is 12.1 Å². The number of aromatic nitrogens is 1. The molecule has 0 atom stereocenters. The smallest absolute Gasteiger partial charge is 0.475 e. The van der Waals surface area contributed by atoms with Crippen LogP contribution < -0.4 is 10.2 Å². The van der Waals surface area contributed by atoms with Crippen molar-refractivity contribution in [1.29, 1.82) is 0 Å². The lowest BCUT2D eigenvalue weighted by Crippen LogP contribution is -2.48. The number of piperazine rings is 1. The van der Waals surface area contributed by atoms with E-state index >= 15 is 0 Å². The summed E-state index contributed by atoms with van der Waals surface area (Å²) in [6.07, 6.45) is -3.38. The molecule has 2 heterocycles. The second kappa shape index (κ2) is 6.85. The normalized spacial score (nSPS) is 15.3. The van der Waals surface area contributed by atoms with Crippen LogP contribution in [0, 0.1) is 0 Å². The number of carbonyl (C=O) groups excluding carboxylic acids is 1. The van der Waals surface area contributed by atoms with Crippen molar-refractivity contribution in [3.8, 4) is 0 Å². The fraction of sp³-hybridized carbons (Fsp3) is 0.364. The van der Waals surface area contributed by atoms with Gasteiger partial charge in [0.15, 0.2) is 0 Å². The van der Waals surface area contributed by atoms with Crippen molar-refractivity contribution in [3.05, 3.63) is 24.4 Å². The van der Waals surface area contributed by atoms with Gasteiger partial charge in [-0.15, -0.1) is 0 Å². The summed E-state index contributed by atoms with van der Waals surface area (Å²) in [5.74, 6) is -1.92. The minimum atomic E-state index is -5.08. The molecule has 110 valence electrons. The number of nitrogens with one attached hydrogen (secondary N) is 1. The molecule has 0 radical (unpaired) electrons. The zero-order valence-corrected chi connectivity index (χ0v) is 10.2. The van der Waals surface area contributed by atoms with Gasteiger partial charge >= 0.3 is 12.1 Å². The van der Waals surface area contributed by atoms with Crippen LogP contribution in [-0.2, 0) is 9.59 Å². The van der Waals surface area contributed by atoms with E-state index in [9.17, 15) is 18.0 Å². The molecule has 2 N–H and O–H groups in total. The van der Waals surface area contributed by atoms with Crippen LogP contribution in [-0.4, -0.2) is 47.8 Å². The van der Waals surface area contributed by atoms with Crippen molar-refractivity contribution in [2.75, 3.05) is 24.5 Å². The Kier molecular flexibility index (Phi) is 5.44. The second-order valence-corrected chi connectivity index (χ2v) is 3.71. The third kappa shape index (κ3) is 4.84. The summed E-state index contributed by atoms with van der Waals surface area (Å²) in [4.78, 5) is 26.1. The van der Waals surface area contributed by atoms with Crippen LogP contribution >= 0.6 is 0 Å². The number of aliphatic carboxylic acids is 1. The van der Waals surface area contributed by atoms with Crippen LogP contribution in [0.4, 0.5) is 19.0 Å². The lowest BCUT2D eigenvalue weighted by molar-refractivity contribution is -0.192. The van der Waals surface area contributed by atoms with Gasteiger partial charge in [-0.3, -0.25) is 9.69 Å². The standard InChI is InChI=1S/C9H11N3O.C2HF3O2/c13-9-7-10-5-6-12(9)8-3-1-2-4-11-8;3-2(4,5)1(6)7/h1-4,10H,5-7H2;(H,6,7). The Labute approximate surface area is 112 Å². The van der Waals surface area contributed by atoms with Gasteiger partial charge in [0, 0.05) is 19.3 Å². The fourth-order valence-electron chi connectivity index (χ4n) is 1.36. The molecular formula is C11H12F3N3O3. The largest absolute Gasteiger partial charge is 0.490 e. The van der Waals surface area contributed by atoms with Crippen LogP contribution in [0.15, 0.2) is 24.4 Å². The van der Waals surface area contributed by atoms with Gasteiger partial charge in [-0.2, -0.15) is 13.2 Å². The number of anilines is 1. The fourth-order valence-corrected chi connectivity index (χ4v) is 1.36. The maximum atomic E-state index is 11.4. The van der Waals surface area contributed by atoms with Crippen LogP contribution in [0.5, 0.6) is 0 Å². The first-order valence-corrected chi connectivity index (χ1v) is 5.54. The summed E-state index contributed by atoms with van der Waals surface area (Å²) >= 11 is 0. The van der Waals surface area contributed by atoms with E-state index in [2.05, 4.69) is 10.3 Å². The molecule has 1 aliphatic rings. The third-order valence-electron chi connectivity index (χ3n) is 2.26. The average molecular weight is 291 g/mol. The molecule has 1 aromatic heterocycles. The predicted molar refractivity (Wildman–Crippen MR) is 63.2 cm³/mol. The molecule has 20 heavy (non-hydrogen) atoms. The van der Waals surface area contributed by atoms with Crippen LogP contribution in [0.2, 0.25) is 0 Å². The van der Waals surface area contributed by atoms with E-state index in [1.54, 1.807) is 11.1 Å². The molecule has 1 amide bonds. The van der Waals surface area contributed by atoms with Gasteiger partial charge in [-0.25, -0.2) is 9.78 Å². The molecule has 0 unspecified atom stereocenters. The molecule has 6 nitrogen and oxygen atoms in total. The molecule has 0 aromatic carbocycles. The zero-order chi connectivity index (χ0) is 15.2. The first kappa shape index (κ1) is 15.9. The highest BCUT2D eigenvalue weighted by Gasteiger charge is 2.38. The summed E-state index contributed by atoms with van der Waals surface area (Å²) in [6, 6.07) is 5.58. The molecule has 1 aromatic rings. The van der Waals surface area contributed by atoms with Gasteiger partial charge in [0.25, 0.3) is 0 Å². The number of pyridine rings is 1. The van der Waals surface area contributed by atoms with Crippen molar-refractivity contribution in [2.24, 2.45) is 0 Å². The predicted octanol–water partition coefficient (Wildman–Crippen LogP) is 0.651. The molecule has 0 spiro atoms. The number of carboxylic acids is 1. The van der Waals surface area contributed by atoms with Crippen molar-refractivity contribution in [2.45, 2.75) is 6.18 Å². The molecule has 1 saturated heterocycles. The topological polar surface area (TPSA) is 82.5 Å². The lowest BCUT2D eigenvalue weighted by atomic mass is 10.3.